The molecule has 0 heterocycles. The third kappa shape index (κ3) is 4.47. The second kappa shape index (κ2) is 6.18. The van der Waals surface area contributed by atoms with Crippen molar-refractivity contribution >= 4 is 5.91 Å². The van der Waals surface area contributed by atoms with Crippen molar-refractivity contribution in [2.45, 2.75) is 37.9 Å². The van der Waals surface area contributed by atoms with E-state index in [-0.39, 0.29) is 18.0 Å². The van der Waals surface area contributed by atoms with Gasteiger partial charge in [0.05, 0.1) is 12.6 Å². The number of nitrogens with two attached hydrogens (primary N) is 1. The smallest absolute Gasteiger partial charge is 0.237 e. The van der Waals surface area contributed by atoms with E-state index in [0.717, 1.165) is 12.8 Å². The number of hydrogen-bond acceptors (Lipinski definition) is 4. The van der Waals surface area contributed by atoms with Crippen LogP contribution in [0.5, 0.6) is 0 Å². The Morgan fingerprint density at radius 3 is 2.75 bits per heavy atom. The number of amides is 1. The average Bonchev–Trinajstić information content (AvgIpc) is 3.00. The molecule has 0 saturated heterocycles. The first kappa shape index (κ1) is 13.4. The molecule has 1 aliphatic carbocycles. The quantitative estimate of drug-likeness (QED) is 0.621. The summed E-state index contributed by atoms with van der Waals surface area (Å²) in [6.45, 7) is 3.08. The second-order valence-corrected chi connectivity index (χ2v) is 4.61. The van der Waals surface area contributed by atoms with Gasteiger partial charge in [-0.3, -0.25) is 9.69 Å². The van der Waals surface area contributed by atoms with Crippen molar-refractivity contribution in [3.8, 4) is 0 Å². The molecular formula is C11H23N3O2. The van der Waals surface area contributed by atoms with Crippen molar-refractivity contribution in [2.75, 3.05) is 27.3 Å². The highest BCUT2D eigenvalue weighted by molar-refractivity contribution is 5.81. The maximum absolute atomic E-state index is 11.7. The van der Waals surface area contributed by atoms with Crippen LogP contribution in [0.4, 0.5) is 0 Å². The number of carbonyl (C=O) groups excluding carboxylic acids is 1. The SMILES string of the molecule is COCC(N)CN(C)C(C)C(=O)NC1CC1. The molecule has 0 bridgehead atoms. The highest BCUT2D eigenvalue weighted by Crippen LogP contribution is 2.18. The molecule has 5 heteroatoms. The Labute approximate surface area is 97.3 Å². The zero-order chi connectivity index (χ0) is 12.1. The van der Waals surface area contributed by atoms with Gasteiger partial charge in [-0.25, -0.2) is 0 Å². The van der Waals surface area contributed by atoms with Gasteiger partial charge in [-0.1, -0.05) is 0 Å². The molecule has 5 nitrogen and oxygen atoms in total. The number of nitrogens with zero attached hydrogens (tertiary/aromatic N) is 1. The number of nitrogens with one attached hydrogen (secondary N) is 1. The minimum absolute atomic E-state index is 0.0498. The van der Waals surface area contributed by atoms with E-state index < -0.39 is 0 Å². The van der Waals surface area contributed by atoms with Gasteiger partial charge in [0.1, 0.15) is 0 Å². The van der Waals surface area contributed by atoms with E-state index in [4.69, 9.17) is 10.5 Å². The van der Waals surface area contributed by atoms with E-state index in [1.54, 1.807) is 7.11 Å². The predicted molar refractivity (Wildman–Crippen MR) is 63.1 cm³/mol. The van der Waals surface area contributed by atoms with E-state index in [2.05, 4.69) is 5.32 Å². The second-order valence-electron chi connectivity index (χ2n) is 4.61. The molecule has 3 N–H and O–H groups in total. The summed E-state index contributed by atoms with van der Waals surface area (Å²) in [6, 6.07) is 0.227. The minimum atomic E-state index is -0.136. The monoisotopic (exact) mass is 229 g/mol. The van der Waals surface area contributed by atoms with Crippen LogP contribution in [-0.2, 0) is 9.53 Å². The van der Waals surface area contributed by atoms with Gasteiger partial charge in [-0.05, 0) is 26.8 Å². The lowest BCUT2D eigenvalue weighted by Crippen LogP contribution is -2.48. The molecule has 0 radical (unpaired) electrons. The Kier molecular flexibility index (Phi) is 5.18. The first-order chi connectivity index (χ1) is 7.54. The van der Waals surface area contributed by atoms with E-state index in [9.17, 15) is 4.79 Å². The van der Waals surface area contributed by atoms with E-state index in [1.165, 1.54) is 0 Å². The van der Waals surface area contributed by atoms with Crippen LogP contribution in [0.1, 0.15) is 19.8 Å². The van der Waals surface area contributed by atoms with E-state index in [1.807, 2.05) is 18.9 Å². The molecule has 0 aromatic carbocycles. The van der Waals surface area contributed by atoms with Crippen molar-refractivity contribution in [3.63, 3.8) is 0 Å². The van der Waals surface area contributed by atoms with Crippen molar-refractivity contribution in [1.29, 1.82) is 0 Å². The van der Waals surface area contributed by atoms with Crippen molar-refractivity contribution in [3.05, 3.63) is 0 Å². The van der Waals surface area contributed by atoms with Crippen molar-refractivity contribution < 1.29 is 9.53 Å². The highest BCUT2D eigenvalue weighted by atomic mass is 16.5. The summed E-state index contributed by atoms with van der Waals surface area (Å²) in [5, 5.41) is 2.99. The van der Waals surface area contributed by atoms with Crippen LogP contribution >= 0.6 is 0 Å². The summed E-state index contributed by atoms with van der Waals surface area (Å²) in [6.07, 6.45) is 2.23. The normalized spacial score (nSPS) is 19.6. The summed E-state index contributed by atoms with van der Waals surface area (Å²) in [5.74, 6) is 0.0922. The van der Waals surface area contributed by atoms with Crippen LogP contribution in [0.3, 0.4) is 0 Å². The average molecular weight is 229 g/mol. The zero-order valence-corrected chi connectivity index (χ0v) is 10.4. The largest absolute Gasteiger partial charge is 0.383 e. The molecule has 2 unspecified atom stereocenters. The Bertz CT molecular complexity index is 231. The van der Waals surface area contributed by atoms with Gasteiger partial charge in [0.25, 0.3) is 0 Å². The number of carbonyl (C=O) groups is 1. The lowest BCUT2D eigenvalue weighted by molar-refractivity contribution is -0.125. The van der Waals surface area contributed by atoms with Crippen LogP contribution < -0.4 is 11.1 Å². The van der Waals surface area contributed by atoms with Crippen molar-refractivity contribution in [2.24, 2.45) is 5.73 Å². The summed E-state index contributed by atoms with van der Waals surface area (Å²) in [7, 11) is 3.54. The highest BCUT2D eigenvalue weighted by Gasteiger charge is 2.27. The van der Waals surface area contributed by atoms with E-state index >= 15 is 0 Å². The molecule has 0 aliphatic heterocycles. The van der Waals surface area contributed by atoms with Crippen LogP contribution in [-0.4, -0.2) is 56.2 Å². The molecule has 16 heavy (non-hydrogen) atoms. The molecule has 94 valence electrons. The summed E-state index contributed by atoms with van der Waals surface area (Å²) >= 11 is 0. The maximum atomic E-state index is 11.7. The van der Waals surface area contributed by atoms with E-state index in [0.29, 0.717) is 19.2 Å². The summed E-state index contributed by atoms with van der Waals surface area (Å²) in [4.78, 5) is 13.7. The number of rotatable bonds is 7. The molecule has 0 aromatic rings. The van der Waals surface area contributed by atoms with Crippen LogP contribution in [0.25, 0.3) is 0 Å². The van der Waals surface area contributed by atoms with Crippen molar-refractivity contribution in [1.82, 2.24) is 10.2 Å². The summed E-state index contributed by atoms with van der Waals surface area (Å²) in [5.41, 5.74) is 5.84. The molecule has 1 aliphatic rings. The maximum Gasteiger partial charge on any atom is 0.237 e. The number of likely N-dealkylation sites (N-methyl/N-ethyl adjacent to an activating group) is 1. The lowest BCUT2D eigenvalue weighted by Gasteiger charge is -2.26. The fourth-order valence-corrected chi connectivity index (χ4v) is 1.54. The van der Waals surface area contributed by atoms with Gasteiger partial charge in [0.15, 0.2) is 0 Å². The third-order valence-electron chi connectivity index (χ3n) is 2.87. The number of hydrogen-bond donors (Lipinski definition) is 2. The van der Waals surface area contributed by atoms with Gasteiger partial charge in [-0.15, -0.1) is 0 Å². The molecule has 1 saturated carbocycles. The minimum Gasteiger partial charge on any atom is -0.383 e. The standard InChI is InChI=1S/C11H23N3O2/c1-8(11(15)13-10-4-5-10)14(2)6-9(12)7-16-3/h8-10H,4-7,12H2,1-3H3,(H,13,15). The molecule has 1 rings (SSSR count). The van der Waals surface area contributed by atoms with Gasteiger partial charge in [-0.2, -0.15) is 0 Å². The van der Waals surface area contributed by atoms with Gasteiger partial charge in [0.2, 0.25) is 5.91 Å². The molecule has 2 atom stereocenters. The zero-order valence-electron chi connectivity index (χ0n) is 10.4. The first-order valence-corrected chi connectivity index (χ1v) is 5.79. The fourth-order valence-electron chi connectivity index (χ4n) is 1.54. The Hall–Kier alpha value is -0.650. The first-order valence-electron chi connectivity index (χ1n) is 5.79. The van der Waals surface area contributed by atoms with Crippen LogP contribution in [0.15, 0.2) is 0 Å². The fraction of sp³-hybridized carbons (Fsp3) is 0.909. The number of methoxy groups -OCH3 is 1. The van der Waals surface area contributed by atoms with Gasteiger partial charge >= 0.3 is 0 Å². The Morgan fingerprint density at radius 2 is 2.25 bits per heavy atom. The molecular weight excluding hydrogens is 206 g/mol. The lowest BCUT2D eigenvalue weighted by atomic mass is 10.2. The molecule has 1 fully saturated rings. The Morgan fingerprint density at radius 1 is 1.62 bits per heavy atom. The molecule has 0 spiro atoms. The molecule has 1 amide bonds. The predicted octanol–water partition coefficient (Wildman–Crippen LogP) is -0.441. The van der Waals surface area contributed by atoms with Crippen LogP contribution in [0.2, 0.25) is 0 Å². The Balaban J connectivity index is 2.27. The van der Waals surface area contributed by atoms with Crippen LogP contribution in [0, 0.1) is 0 Å². The number of ether oxygens (including phenoxy) is 1. The van der Waals surface area contributed by atoms with Gasteiger partial charge in [0, 0.05) is 25.7 Å². The van der Waals surface area contributed by atoms with Gasteiger partial charge < -0.3 is 15.8 Å². The molecule has 0 aromatic heterocycles. The third-order valence-corrected chi connectivity index (χ3v) is 2.87. The topological polar surface area (TPSA) is 67.6 Å². The summed E-state index contributed by atoms with van der Waals surface area (Å²) < 4.78 is 4.97.